The van der Waals surface area contributed by atoms with Crippen molar-refractivity contribution in [3.8, 4) is 5.75 Å². The van der Waals surface area contributed by atoms with Crippen LogP contribution in [0.5, 0.6) is 5.75 Å². The van der Waals surface area contributed by atoms with Crippen molar-refractivity contribution >= 4 is 33.6 Å². The molecule has 2 heterocycles. The van der Waals surface area contributed by atoms with E-state index >= 15 is 0 Å². The minimum absolute atomic E-state index is 0.0944. The lowest BCUT2D eigenvalue weighted by atomic mass is 10.1. The molecule has 9 nitrogen and oxygen atoms in total. The first-order valence-corrected chi connectivity index (χ1v) is 13.3. The Bertz CT molecular complexity index is 1350. The molecular formula is C26H32F3N5O4S. The molecule has 1 unspecified atom stereocenters. The average molecular weight is 568 g/mol. The molecule has 0 aliphatic rings. The summed E-state index contributed by atoms with van der Waals surface area (Å²) >= 11 is 1.25. The molecule has 0 fully saturated rings. The fourth-order valence-corrected chi connectivity index (χ4v) is 4.55. The molecule has 0 spiro atoms. The van der Waals surface area contributed by atoms with Crippen molar-refractivity contribution in [3.05, 3.63) is 52.6 Å². The Balaban J connectivity index is 1.87. The van der Waals surface area contributed by atoms with Crippen LogP contribution in [0.25, 0.3) is 10.2 Å². The minimum atomic E-state index is -4.67. The quantitative estimate of drug-likeness (QED) is 0.360. The van der Waals surface area contributed by atoms with Gasteiger partial charge >= 0.3 is 12.3 Å². The number of pyridine rings is 1. The lowest BCUT2D eigenvalue weighted by Crippen LogP contribution is -2.34. The van der Waals surface area contributed by atoms with Crippen LogP contribution in [0, 0.1) is 0 Å². The Hall–Kier alpha value is -3.45. The second kappa shape index (κ2) is 13.6. The number of unbranched alkanes of at least 4 members (excludes halogenated alkanes) is 1. The van der Waals surface area contributed by atoms with Gasteiger partial charge in [0.25, 0.3) is 5.91 Å². The van der Waals surface area contributed by atoms with E-state index in [0.717, 1.165) is 41.3 Å². The van der Waals surface area contributed by atoms with Gasteiger partial charge in [-0.3, -0.25) is 9.78 Å². The molecule has 212 valence electrons. The van der Waals surface area contributed by atoms with Crippen LogP contribution in [0.1, 0.15) is 42.6 Å². The molecule has 2 amide bonds. The number of nitrogens with zero attached hydrogens (tertiary/aromatic N) is 4. The number of aromatic nitrogens is 2. The molecule has 1 atom stereocenters. The maximum atomic E-state index is 13.5. The van der Waals surface area contributed by atoms with Gasteiger partial charge in [0, 0.05) is 25.8 Å². The lowest BCUT2D eigenvalue weighted by molar-refractivity contribution is -0.137. The van der Waals surface area contributed by atoms with E-state index < -0.39 is 29.8 Å². The van der Waals surface area contributed by atoms with E-state index in [9.17, 15) is 22.8 Å². The predicted molar refractivity (Wildman–Crippen MR) is 142 cm³/mol. The summed E-state index contributed by atoms with van der Waals surface area (Å²) in [6.07, 6.45) is -1.04. The van der Waals surface area contributed by atoms with Gasteiger partial charge in [-0.2, -0.15) is 18.2 Å². The first-order chi connectivity index (χ1) is 18.5. The number of ether oxygens (including phenoxy) is 2. The molecule has 0 aliphatic carbocycles. The number of carbonyl (C=O) groups is 2. The third kappa shape index (κ3) is 8.52. The first kappa shape index (κ1) is 30.1. The first-order valence-electron chi connectivity index (χ1n) is 12.4. The van der Waals surface area contributed by atoms with Gasteiger partial charge in [0.1, 0.15) is 18.5 Å². The molecular weight excluding hydrogens is 535 g/mol. The topological polar surface area (TPSA) is 98.1 Å². The summed E-state index contributed by atoms with van der Waals surface area (Å²) in [6.45, 7) is 4.99. The van der Waals surface area contributed by atoms with E-state index in [1.165, 1.54) is 11.3 Å². The Kier molecular flexibility index (Phi) is 10.5. The highest BCUT2D eigenvalue weighted by Crippen LogP contribution is 2.33. The van der Waals surface area contributed by atoms with Gasteiger partial charge < -0.3 is 24.3 Å². The SMILES string of the molecule is CCCCn1c(=NC(=O)c2cc(C(F)(F)F)ccc2OCC(C)OC(=O)NCCN(C)C)sc2ccncc21. The second-order valence-electron chi connectivity index (χ2n) is 9.12. The monoisotopic (exact) mass is 567 g/mol. The molecule has 0 saturated heterocycles. The van der Waals surface area contributed by atoms with E-state index in [1.54, 1.807) is 25.4 Å². The van der Waals surface area contributed by atoms with Gasteiger partial charge in [-0.05, 0) is 51.7 Å². The second-order valence-corrected chi connectivity index (χ2v) is 10.1. The molecule has 0 saturated carbocycles. The number of alkyl halides is 3. The van der Waals surface area contributed by atoms with Gasteiger partial charge in [-0.25, -0.2) is 4.79 Å². The van der Waals surface area contributed by atoms with Crippen LogP contribution in [0.2, 0.25) is 0 Å². The number of fused-ring (bicyclic) bond motifs is 1. The summed E-state index contributed by atoms with van der Waals surface area (Å²) in [5.41, 5.74) is -0.555. The van der Waals surface area contributed by atoms with Crippen molar-refractivity contribution < 1.29 is 32.2 Å². The third-order valence-corrected chi connectivity index (χ3v) is 6.62. The molecule has 3 rings (SSSR count). The van der Waals surface area contributed by atoms with E-state index in [2.05, 4.69) is 15.3 Å². The Morgan fingerprint density at radius 2 is 2.03 bits per heavy atom. The minimum Gasteiger partial charge on any atom is -0.489 e. The number of alkyl carbamates (subject to hydrolysis) is 1. The predicted octanol–water partition coefficient (Wildman–Crippen LogP) is 4.71. The molecule has 1 aromatic carbocycles. The average Bonchev–Trinajstić information content (AvgIpc) is 3.21. The maximum absolute atomic E-state index is 13.5. The molecule has 3 aromatic rings. The Morgan fingerprint density at radius 3 is 2.72 bits per heavy atom. The van der Waals surface area contributed by atoms with Crippen LogP contribution in [0.15, 0.2) is 41.7 Å². The van der Waals surface area contributed by atoms with Crippen LogP contribution in [-0.2, 0) is 17.5 Å². The number of halogens is 3. The summed E-state index contributed by atoms with van der Waals surface area (Å²) in [6, 6.07) is 4.43. The molecule has 0 bridgehead atoms. The van der Waals surface area contributed by atoms with Gasteiger partial charge in [0.2, 0.25) is 0 Å². The standard InChI is InChI=1S/C26H32F3N5O4S/c1-5-6-12-34-20-15-30-10-9-22(20)39-24(34)32-23(35)19-14-18(26(27,28)29)7-8-21(19)37-16-17(2)38-25(36)31-11-13-33(3)4/h7-10,14-15,17H,5-6,11-13,16H2,1-4H3,(H,31,36). The summed E-state index contributed by atoms with van der Waals surface area (Å²) in [5.74, 6) is -0.973. The molecule has 1 N–H and O–H groups in total. The normalized spacial score (nSPS) is 13.1. The fourth-order valence-electron chi connectivity index (χ4n) is 3.53. The van der Waals surface area contributed by atoms with Crippen LogP contribution in [0.3, 0.4) is 0 Å². The summed E-state index contributed by atoms with van der Waals surface area (Å²) in [5, 5.41) is 2.60. The number of carbonyl (C=O) groups excluding carboxylic acids is 2. The Morgan fingerprint density at radius 1 is 1.26 bits per heavy atom. The third-order valence-electron chi connectivity index (χ3n) is 5.56. The number of rotatable bonds is 11. The van der Waals surface area contributed by atoms with Crippen molar-refractivity contribution in [3.63, 3.8) is 0 Å². The van der Waals surface area contributed by atoms with Crippen LogP contribution in [0.4, 0.5) is 18.0 Å². The zero-order valence-corrected chi connectivity index (χ0v) is 23.1. The van der Waals surface area contributed by atoms with Gasteiger partial charge in [0.05, 0.1) is 27.5 Å². The van der Waals surface area contributed by atoms with E-state index in [4.69, 9.17) is 9.47 Å². The maximum Gasteiger partial charge on any atom is 0.416 e. The zero-order valence-electron chi connectivity index (χ0n) is 22.2. The number of aryl methyl sites for hydroxylation is 1. The number of hydrogen-bond acceptors (Lipinski definition) is 7. The molecule has 39 heavy (non-hydrogen) atoms. The smallest absolute Gasteiger partial charge is 0.416 e. The summed E-state index contributed by atoms with van der Waals surface area (Å²) in [7, 11) is 3.72. The number of hydrogen-bond donors (Lipinski definition) is 1. The number of thiazole rings is 1. The van der Waals surface area contributed by atoms with Crippen molar-refractivity contribution in [2.45, 2.75) is 45.5 Å². The van der Waals surface area contributed by atoms with E-state index in [1.807, 2.05) is 30.5 Å². The van der Waals surface area contributed by atoms with Crippen molar-refractivity contribution in [2.75, 3.05) is 33.8 Å². The molecule has 0 aliphatic heterocycles. The van der Waals surface area contributed by atoms with Crippen molar-refractivity contribution in [2.24, 2.45) is 4.99 Å². The zero-order chi connectivity index (χ0) is 28.6. The van der Waals surface area contributed by atoms with Gasteiger partial charge in [0.15, 0.2) is 4.80 Å². The van der Waals surface area contributed by atoms with E-state index in [0.29, 0.717) is 24.4 Å². The summed E-state index contributed by atoms with van der Waals surface area (Å²) < 4.78 is 54.0. The van der Waals surface area contributed by atoms with Crippen LogP contribution in [-0.4, -0.2) is 66.3 Å². The lowest BCUT2D eigenvalue weighted by Gasteiger charge is -2.17. The van der Waals surface area contributed by atoms with Gasteiger partial charge in [-0.15, -0.1) is 0 Å². The van der Waals surface area contributed by atoms with Crippen LogP contribution >= 0.6 is 11.3 Å². The number of amides is 2. The van der Waals surface area contributed by atoms with Crippen LogP contribution < -0.4 is 14.9 Å². The highest BCUT2D eigenvalue weighted by atomic mass is 32.1. The number of nitrogens with one attached hydrogen (secondary N) is 1. The molecule has 13 heteroatoms. The fraction of sp³-hybridized carbons (Fsp3) is 0.462. The molecule has 0 radical (unpaired) electrons. The van der Waals surface area contributed by atoms with E-state index in [-0.39, 0.29) is 17.9 Å². The highest BCUT2D eigenvalue weighted by Gasteiger charge is 2.32. The number of likely N-dealkylation sites (N-methyl/N-ethyl adjacent to an activating group) is 1. The summed E-state index contributed by atoms with van der Waals surface area (Å²) in [4.78, 5) is 35.8. The van der Waals surface area contributed by atoms with Gasteiger partial charge in [-0.1, -0.05) is 24.7 Å². The highest BCUT2D eigenvalue weighted by molar-refractivity contribution is 7.16. The van der Waals surface area contributed by atoms with Crippen molar-refractivity contribution in [1.29, 1.82) is 0 Å². The molecule has 2 aromatic heterocycles. The Labute approximate surface area is 228 Å². The van der Waals surface area contributed by atoms with Crippen molar-refractivity contribution in [1.82, 2.24) is 19.8 Å². The largest absolute Gasteiger partial charge is 0.489 e. The number of benzene rings is 1.